The number of hydrogen-bond donors (Lipinski definition) is 1. The maximum absolute atomic E-state index is 12.5. The van der Waals surface area contributed by atoms with Crippen LogP contribution in [-0.2, 0) is 9.59 Å². The molecule has 3 aromatic rings. The molecule has 3 rings (SSSR count). The van der Waals surface area contributed by atoms with E-state index in [0.29, 0.717) is 21.7 Å². The number of hydrogen-bond acceptors (Lipinski definition) is 5. The number of carbonyl (C=O) groups excluding carboxylic acids is 4. The standard InChI is InChI=1S/C24H21NO4S/c26-20(11-13-21(27)22-10-5-15-30-22)12-14-23(28)25-19-9-4-8-18(16-19)24(29)17-6-2-1-3-7-17/h1-10,15-16H,11-14H2,(H,25,28). The predicted molar refractivity (Wildman–Crippen MR) is 117 cm³/mol. The Morgan fingerprint density at radius 3 is 2.20 bits per heavy atom. The van der Waals surface area contributed by atoms with Crippen molar-refractivity contribution in [2.45, 2.75) is 25.7 Å². The molecular weight excluding hydrogens is 398 g/mol. The van der Waals surface area contributed by atoms with Gasteiger partial charge in [-0.05, 0) is 23.6 Å². The van der Waals surface area contributed by atoms with Crippen molar-refractivity contribution in [3.05, 3.63) is 88.1 Å². The minimum absolute atomic E-state index is 0.0306. The van der Waals surface area contributed by atoms with Crippen molar-refractivity contribution in [1.82, 2.24) is 0 Å². The number of ketones is 3. The van der Waals surface area contributed by atoms with E-state index < -0.39 is 0 Å². The van der Waals surface area contributed by atoms with Gasteiger partial charge in [-0.1, -0.05) is 48.5 Å². The summed E-state index contributed by atoms with van der Waals surface area (Å²) in [4.78, 5) is 49.3. The van der Waals surface area contributed by atoms with E-state index in [1.165, 1.54) is 11.3 Å². The molecule has 0 radical (unpaired) electrons. The van der Waals surface area contributed by atoms with Crippen LogP contribution in [0.25, 0.3) is 0 Å². The summed E-state index contributed by atoms with van der Waals surface area (Å²) in [5, 5.41) is 4.54. The molecule has 0 atom stereocenters. The molecule has 0 aliphatic carbocycles. The highest BCUT2D eigenvalue weighted by Crippen LogP contribution is 2.16. The predicted octanol–water partition coefficient (Wildman–Crippen LogP) is 4.93. The van der Waals surface area contributed by atoms with Crippen molar-refractivity contribution in [3.63, 3.8) is 0 Å². The summed E-state index contributed by atoms with van der Waals surface area (Å²) in [6, 6.07) is 19.2. The van der Waals surface area contributed by atoms with Crippen LogP contribution in [0.5, 0.6) is 0 Å². The van der Waals surface area contributed by atoms with E-state index in [0.717, 1.165) is 0 Å². The van der Waals surface area contributed by atoms with Gasteiger partial charge in [0.05, 0.1) is 4.88 Å². The van der Waals surface area contributed by atoms with E-state index in [2.05, 4.69) is 5.32 Å². The molecule has 152 valence electrons. The van der Waals surface area contributed by atoms with Crippen LogP contribution in [0.3, 0.4) is 0 Å². The molecule has 0 unspecified atom stereocenters. The molecule has 1 N–H and O–H groups in total. The Hall–Kier alpha value is -3.38. The molecule has 1 heterocycles. The Kier molecular flexibility index (Phi) is 7.40. The molecule has 30 heavy (non-hydrogen) atoms. The molecule has 0 saturated heterocycles. The second kappa shape index (κ2) is 10.4. The molecule has 0 fully saturated rings. The summed E-state index contributed by atoms with van der Waals surface area (Å²) >= 11 is 1.35. The minimum atomic E-state index is -0.308. The van der Waals surface area contributed by atoms with Crippen LogP contribution in [0.4, 0.5) is 5.69 Å². The van der Waals surface area contributed by atoms with Gasteiger partial charge in [-0.25, -0.2) is 0 Å². The molecule has 0 spiro atoms. The summed E-state index contributed by atoms with van der Waals surface area (Å²) < 4.78 is 0. The van der Waals surface area contributed by atoms with Gasteiger partial charge < -0.3 is 5.32 Å². The Bertz CT molecular complexity index is 1040. The number of Topliss-reactive ketones (excluding diaryl/α,β-unsaturated/α-hetero) is 2. The van der Waals surface area contributed by atoms with Crippen LogP contribution >= 0.6 is 11.3 Å². The first kappa shape index (κ1) is 21.3. The first-order valence-electron chi connectivity index (χ1n) is 9.61. The largest absolute Gasteiger partial charge is 0.326 e. The molecule has 0 aliphatic heterocycles. The Labute approximate surface area is 178 Å². The second-order valence-electron chi connectivity index (χ2n) is 6.76. The average Bonchev–Trinajstić information content (AvgIpc) is 3.31. The van der Waals surface area contributed by atoms with Crippen molar-refractivity contribution >= 4 is 40.3 Å². The van der Waals surface area contributed by atoms with E-state index in [1.54, 1.807) is 60.7 Å². The number of benzene rings is 2. The van der Waals surface area contributed by atoms with Gasteiger partial charge in [-0.3, -0.25) is 19.2 Å². The van der Waals surface area contributed by atoms with E-state index in [-0.39, 0.29) is 48.9 Å². The lowest BCUT2D eigenvalue weighted by atomic mass is 10.0. The van der Waals surface area contributed by atoms with Crippen molar-refractivity contribution in [2.24, 2.45) is 0 Å². The van der Waals surface area contributed by atoms with Gasteiger partial charge in [0.15, 0.2) is 11.6 Å². The highest BCUT2D eigenvalue weighted by Gasteiger charge is 2.13. The number of anilines is 1. The first-order chi connectivity index (χ1) is 14.5. The van der Waals surface area contributed by atoms with Crippen LogP contribution in [-0.4, -0.2) is 23.3 Å². The molecule has 0 bridgehead atoms. The maximum Gasteiger partial charge on any atom is 0.224 e. The van der Waals surface area contributed by atoms with Crippen LogP contribution in [0, 0.1) is 0 Å². The topological polar surface area (TPSA) is 80.3 Å². The van der Waals surface area contributed by atoms with Gasteiger partial charge in [0.2, 0.25) is 5.91 Å². The normalized spacial score (nSPS) is 10.4. The maximum atomic E-state index is 12.5. The van der Waals surface area contributed by atoms with E-state index >= 15 is 0 Å². The second-order valence-corrected chi connectivity index (χ2v) is 7.71. The van der Waals surface area contributed by atoms with Crippen molar-refractivity contribution < 1.29 is 19.2 Å². The van der Waals surface area contributed by atoms with Gasteiger partial charge in [0, 0.05) is 42.5 Å². The third-order valence-electron chi connectivity index (χ3n) is 4.50. The van der Waals surface area contributed by atoms with Gasteiger partial charge in [0.25, 0.3) is 0 Å². The van der Waals surface area contributed by atoms with Crippen LogP contribution < -0.4 is 5.32 Å². The van der Waals surface area contributed by atoms with Crippen LogP contribution in [0.15, 0.2) is 72.1 Å². The number of amides is 1. The third-order valence-corrected chi connectivity index (χ3v) is 5.41. The number of nitrogens with one attached hydrogen (secondary N) is 1. The SMILES string of the molecule is O=C(CCC(=O)Nc1cccc(C(=O)c2ccccc2)c1)CCC(=O)c1cccs1. The van der Waals surface area contributed by atoms with Gasteiger partial charge in [0.1, 0.15) is 5.78 Å². The Morgan fingerprint density at radius 1 is 0.733 bits per heavy atom. The summed E-state index contributed by atoms with van der Waals surface area (Å²) in [5.74, 6) is -0.611. The van der Waals surface area contributed by atoms with Gasteiger partial charge in [-0.15, -0.1) is 11.3 Å². The lowest BCUT2D eigenvalue weighted by Crippen LogP contribution is -2.14. The number of carbonyl (C=O) groups is 4. The zero-order valence-corrected chi connectivity index (χ0v) is 17.1. The zero-order chi connectivity index (χ0) is 21.3. The van der Waals surface area contributed by atoms with Crippen molar-refractivity contribution in [1.29, 1.82) is 0 Å². The smallest absolute Gasteiger partial charge is 0.224 e. The molecular formula is C24H21NO4S. The Morgan fingerprint density at radius 2 is 1.47 bits per heavy atom. The minimum Gasteiger partial charge on any atom is -0.326 e. The zero-order valence-electron chi connectivity index (χ0n) is 16.3. The monoisotopic (exact) mass is 419 g/mol. The highest BCUT2D eigenvalue weighted by molar-refractivity contribution is 7.12. The van der Waals surface area contributed by atoms with Gasteiger partial charge in [-0.2, -0.15) is 0 Å². The van der Waals surface area contributed by atoms with E-state index in [9.17, 15) is 19.2 Å². The quantitative estimate of drug-likeness (QED) is 0.473. The lowest BCUT2D eigenvalue weighted by molar-refractivity contribution is -0.122. The van der Waals surface area contributed by atoms with E-state index in [1.807, 2.05) is 11.4 Å². The molecule has 2 aromatic carbocycles. The molecule has 1 aromatic heterocycles. The summed E-state index contributed by atoms with van der Waals surface area (Å²) in [6.07, 6.45) is 0.394. The molecule has 5 nitrogen and oxygen atoms in total. The highest BCUT2D eigenvalue weighted by atomic mass is 32.1. The fourth-order valence-corrected chi connectivity index (χ4v) is 3.60. The summed E-state index contributed by atoms with van der Waals surface area (Å²) in [6.45, 7) is 0. The molecule has 0 aliphatic rings. The fourth-order valence-electron chi connectivity index (χ4n) is 2.91. The summed E-state index contributed by atoms with van der Waals surface area (Å²) in [7, 11) is 0. The molecule has 0 saturated carbocycles. The fraction of sp³-hybridized carbons (Fsp3) is 0.167. The van der Waals surface area contributed by atoms with Crippen molar-refractivity contribution in [3.8, 4) is 0 Å². The average molecular weight is 420 g/mol. The Balaban J connectivity index is 1.47. The lowest BCUT2D eigenvalue weighted by Gasteiger charge is -2.07. The van der Waals surface area contributed by atoms with Crippen LogP contribution in [0.1, 0.15) is 51.3 Å². The number of thiophene rings is 1. The number of rotatable bonds is 10. The summed E-state index contributed by atoms with van der Waals surface area (Å²) in [5.41, 5.74) is 1.55. The molecule has 1 amide bonds. The third kappa shape index (κ3) is 6.06. The van der Waals surface area contributed by atoms with Crippen molar-refractivity contribution in [2.75, 3.05) is 5.32 Å². The van der Waals surface area contributed by atoms with Gasteiger partial charge >= 0.3 is 0 Å². The molecule has 6 heteroatoms. The van der Waals surface area contributed by atoms with Crippen LogP contribution in [0.2, 0.25) is 0 Å². The van der Waals surface area contributed by atoms with E-state index in [4.69, 9.17) is 0 Å². The first-order valence-corrected chi connectivity index (χ1v) is 10.5.